The Morgan fingerprint density at radius 1 is 1.05 bits per heavy atom. The Bertz CT molecular complexity index is 1100. The number of esters is 1. The summed E-state index contributed by atoms with van der Waals surface area (Å²) in [5, 5.41) is 10.4. The highest BCUT2D eigenvalue weighted by Crippen LogP contribution is 2.70. The molecule has 11 atom stereocenters. The lowest BCUT2D eigenvalue weighted by Crippen LogP contribution is -2.53. The first-order valence-electron chi connectivity index (χ1n) is 15.7. The topological polar surface area (TPSA) is 49.8 Å². The fourth-order valence-corrected chi connectivity index (χ4v) is 11.2. The van der Waals surface area contributed by atoms with Crippen molar-refractivity contribution in [3.63, 3.8) is 0 Å². The van der Waals surface area contributed by atoms with Gasteiger partial charge in [0.2, 0.25) is 0 Å². The number of allylic oxidation sites excluding steroid dienone is 1. The summed E-state index contributed by atoms with van der Waals surface area (Å²) in [5.74, 6) is 3.90. The largest absolute Gasteiger partial charge is 0.461 e. The van der Waals surface area contributed by atoms with Gasteiger partial charge in [-0.05, 0) is 111 Å². The van der Waals surface area contributed by atoms with Crippen LogP contribution in [0.3, 0.4) is 0 Å². The number of benzene rings is 1. The first kappa shape index (κ1) is 25.3. The zero-order valence-corrected chi connectivity index (χ0v) is 23.6. The molecule has 6 aliphatic rings. The number of fused-ring (bicyclic) bond motifs is 9. The van der Waals surface area contributed by atoms with Crippen molar-refractivity contribution >= 4 is 5.97 Å². The molecule has 206 valence electrons. The SMILES string of the molecule is C[C@H]1CC[C@@H]2[C@H](C)[C@H]3[C@H](C[C@H]4[C@@H]5CC=C6C[C@@H](O)CC[C@]6(C)[C@H]5CC[C@]34COC(=O)c3ccccc3)N2C1. The Labute approximate surface area is 229 Å². The lowest BCUT2D eigenvalue weighted by atomic mass is 9.46. The van der Waals surface area contributed by atoms with Gasteiger partial charge in [0.05, 0.1) is 18.3 Å². The van der Waals surface area contributed by atoms with E-state index in [-0.39, 0.29) is 22.9 Å². The highest BCUT2D eigenvalue weighted by molar-refractivity contribution is 5.89. The van der Waals surface area contributed by atoms with E-state index >= 15 is 0 Å². The molecule has 2 saturated heterocycles. The third-order valence-electron chi connectivity index (χ3n) is 12.9. The number of hydrogen-bond donors (Lipinski definition) is 1. The molecule has 4 nitrogen and oxygen atoms in total. The first-order chi connectivity index (χ1) is 18.3. The van der Waals surface area contributed by atoms with Crippen molar-refractivity contribution in [3.8, 4) is 0 Å². The number of piperidine rings is 1. The van der Waals surface area contributed by atoms with Crippen LogP contribution in [0.5, 0.6) is 0 Å². The quantitative estimate of drug-likeness (QED) is 0.368. The second-order valence-electron chi connectivity index (χ2n) is 14.5. The Kier molecular flexibility index (Phi) is 6.13. The van der Waals surface area contributed by atoms with Crippen molar-refractivity contribution in [2.24, 2.45) is 46.3 Å². The van der Waals surface area contributed by atoms with Crippen molar-refractivity contribution in [2.45, 2.75) is 96.7 Å². The van der Waals surface area contributed by atoms with Gasteiger partial charge in [-0.2, -0.15) is 0 Å². The maximum atomic E-state index is 13.2. The van der Waals surface area contributed by atoms with Crippen molar-refractivity contribution in [2.75, 3.05) is 13.2 Å². The molecule has 5 fully saturated rings. The number of ether oxygens (including phenoxy) is 1. The van der Waals surface area contributed by atoms with Crippen LogP contribution in [-0.2, 0) is 4.74 Å². The predicted octanol–water partition coefficient (Wildman–Crippen LogP) is 6.49. The fraction of sp³-hybridized carbons (Fsp3) is 0.735. The third-order valence-corrected chi connectivity index (χ3v) is 12.9. The van der Waals surface area contributed by atoms with E-state index in [0.717, 1.165) is 31.6 Å². The summed E-state index contributed by atoms with van der Waals surface area (Å²) in [4.78, 5) is 16.2. The normalized spacial score (nSPS) is 47.7. The molecule has 3 saturated carbocycles. The van der Waals surface area contributed by atoms with E-state index in [4.69, 9.17) is 4.74 Å². The molecule has 2 aliphatic heterocycles. The summed E-state index contributed by atoms with van der Waals surface area (Å²) < 4.78 is 6.32. The number of aliphatic hydroxyl groups excluding tert-OH is 1. The molecule has 0 aromatic heterocycles. The summed E-state index contributed by atoms with van der Waals surface area (Å²) in [6, 6.07) is 10.9. The van der Waals surface area contributed by atoms with Crippen molar-refractivity contribution in [3.05, 3.63) is 47.5 Å². The standard InChI is InChI=1S/C34H47NO3/c1-21-9-12-29-22(2)31-30(35(29)19-21)18-28-26-11-10-24-17-25(36)13-15-33(24,3)27(26)14-16-34(28,31)20-38-32(37)23-7-5-4-6-8-23/h4-8,10,21-22,25-31,36H,9,11-20H2,1-3H3/t21-,22-,25-,26+,27-,28-,29+,30-,31-,33-,34+/m0/s1. The average Bonchev–Trinajstić information content (AvgIpc) is 3.41. The molecular formula is C34H47NO3. The Morgan fingerprint density at radius 2 is 1.87 bits per heavy atom. The zero-order chi connectivity index (χ0) is 26.2. The predicted molar refractivity (Wildman–Crippen MR) is 149 cm³/mol. The highest BCUT2D eigenvalue weighted by atomic mass is 16.5. The van der Waals surface area contributed by atoms with Gasteiger partial charge in [0, 0.05) is 24.0 Å². The van der Waals surface area contributed by atoms with Crippen LogP contribution in [0.15, 0.2) is 42.0 Å². The molecule has 4 heteroatoms. The van der Waals surface area contributed by atoms with Gasteiger partial charge in [0.1, 0.15) is 0 Å². The van der Waals surface area contributed by atoms with Crippen LogP contribution in [0.2, 0.25) is 0 Å². The van der Waals surface area contributed by atoms with Crippen LogP contribution in [0.25, 0.3) is 0 Å². The molecule has 1 N–H and O–H groups in total. The number of hydrogen-bond acceptors (Lipinski definition) is 4. The molecule has 0 spiro atoms. The average molecular weight is 518 g/mol. The molecule has 0 bridgehead atoms. The number of rotatable bonds is 3. The molecule has 0 radical (unpaired) electrons. The van der Waals surface area contributed by atoms with E-state index in [1.165, 1.54) is 44.2 Å². The van der Waals surface area contributed by atoms with Crippen LogP contribution in [-0.4, -0.2) is 47.3 Å². The lowest BCUT2D eigenvalue weighted by Gasteiger charge is -2.58. The van der Waals surface area contributed by atoms with Gasteiger partial charge in [0.25, 0.3) is 0 Å². The Hall–Kier alpha value is -1.65. The van der Waals surface area contributed by atoms with E-state index in [9.17, 15) is 9.90 Å². The summed E-state index contributed by atoms with van der Waals surface area (Å²) in [6.07, 6.45) is 12.9. The van der Waals surface area contributed by atoms with E-state index in [1.807, 2.05) is 30.3 Å². The molecule has 4 aliphatic carbocycles. The maximum absolute atomic E-state index is 13.2. The lowest BCUT2D eigenvalue weighted by molar-refractivity contribution is -0.0929. The molecular weight excluding hydrogens is 470 g/mol. The smallest absolute Gasteiger partial charge is 0.338 e. The summed E-state index contributed by atoms with van der Waals surface area (Å²) in [6.45, 7) is 9.33. The molecule has 0 unspecified atom stereocenters. The van der Waals surface area contributed by atoms with Gasteiger partial charge in [-0.25, -0.2) is 4.79 Å². The van der Waals surface area contributed by atoms with E-state index in [0.29, 0.717) is 53.8 Å². The molecule has 7 rings (SSSR count). The van der Waals surface area contributed by atoms with Crippen LogP contribution in [0.1, 0.15) is 88.9 Å². The van der Waals surface area contributed by atoms with Gasteiger partial charge in [-0.3, -0.25) is 4.90 Å². The summed E-state index contributed by atoms with van der Waals surface area (Å²) in [5.41, 5.74) is 2.54. The Morgan fingerprint density at radius 3 is 2.68 bits per heavy atom. The second kappa shape index (κ2) is 9.20. The summed E-state index contributed by atoms with van der Waals surface area (Å²) >= 11 is 0. The van der Waals surface area contributed by atoms with Crippen molar-refractivity contribution < 1.29 is 14.6 Å². The monoisotopic (exact) mass is 517 g/mol. The van der Waals surface area contributed by atoms with Crippen molar-refractivity contribution in [1.29, 1.82) is 0 Å². The van der Waals surface area contributed by atoms with Crippen LogP contribution in [0.4, 0.5) is 0 Å². The van der Waals surface area contributed by atoms with Crippen LogP contribution < -0.4 is 0 Å². The van der Waals surface area contributed by atoms with E-state index in [1.54, 1.807) is 0 Å². The van der Waals surface area contributed by atoms with E-state index in [2.05, 4.69) is 31.7 Å². The molecule has 0 amide bonds. The first-order valence-corrected chi connectivity index (χ1v) is 15.7. The Balaban J connectivity index is 1.23. The number of carbonyl (C=O) groups excluding carboxylic acids is 1. The number of aliphatic hydroxyl groups is 1. The molecule has 38 heavy (non-hydrogen) atoms. The van der Waals surface area contributed by atoms with E-state index < -0.39 is 0 Å². The molecule has 2 heterocycles. The fourth-order valence-electron chi connectivity index (χ4n) is 11.2. The number of nitrogens with zero attached hydrogens (tertiary/aromatic N) is 1. The van der Waals surface area contributed by atoms with Gasteiger partial charge in [-0.1, -0.05) is 50.6 Å². The number of carbonyl (C=O) groups is 1. The van der Waals surface area contributed by atoms with Gasteiger partial charge in [0.15, 0.2) is 0 Å². The second-order valence-corrected chi connectivity index (χ2v) is 14.5. The minimum atomic E-state index is -0.157. The minimum absolute atomic E-state index is 0.0894. The third kappa shape index (κ3) is 3.65. The highest BCUT2D eigenvalue weighted by Gasteiger charge is 2.68. The molecule has 1 aromatic rings. The van der Waals surface area contributed by atoms with Gasteiger partial charge >= 0.3 is 5.97 Å². The maximum Gasteiger partial charge on any atom is 0.338 e. The summed E-state index contributed by atoms with van der Waals surface area (Å²) in [7, 11) is 0. The van der Waals surface area contributed by atoms with Gasteiger partial charge in [-0.15, -0.1) is 0 Å². The van der Waals surface area contributed by atoms with Crippen LogP contribution >= 0.6 is 0 Å². The van der Waals surface area contributed by atoms with Gasteiger partial charge < -0.3 is 9.84 Å². The zero-order valence-electron chi connectivity index (χ0n) is 23.6. The van der Waals surface area contributed by atoms with Crippen LogP contribution in [0, 0.1) is 46.3 Å². The molecule has 1 aromatic carbocycles. The minimum Gasteiger partial charge on any atom is -0.461 e. The van der Waals surface area contributed by atoms with Crippen molar-refractivity contribution in [1.82, 2.24) is 4.90 Å².